The summed E-state index contributed by atoms with van der Waals surface area (Å²) in [7, 11) is 0. The van der Waals surface area contributed by atoms with E-state index < -0.39 is 5.97 Å². The van der Waals surface area contributed by atoms with Crippen LogP contribution in [0.4, 0.5) is 0 Å². The molecule has 1 rings (SSSR count). The molecule has 1 N–H and O–H groups in total. The quantitative estimate of drug-likeness (QED) is 0.749. The third kappa shape index (κ3) is 1.87. The lowest BCUT2D eigenvalue weighted by molar-refractivity contribution is -0.130. The molecule has 0 aliphatic carbocycles. The number of carbonyl (C=O) groups is 1. The van der Waals surface area contributed by atoms with E-state index in [4.69, 9.17) is 16.7 Å². The van der Waals surface area contributed by atoms with Gasteiger partial charge in [0.2, 0.25) is 0 Å². The molecule has 0 unspecified atom stereocenters. The maximum atomic E-state index is 10.6. The van der Waals surface area contributed by atoms with Gasteiger partial charge in [0.15, 0.2) is 0 Å². The molecular weight excluding hydrogens is 196 g/mol. The Hall–Kier alpha value is -0.800. The van der Waals surface area contributed by atoms with Crippen LogP contribution in [0.25, 0.3) is 5.57 Å². The van der Waals surface area contributed by atoms with Crippen LogP contribution in [0.5, 0.6) is 0 Å². The molecule has 1 heterocycles. The van der Waals surface area contributed by atoms with Gasteiger partial charge in [0.1, 0.15) is 0 Å². The molecule has 0 aliphatic rings. The van der Waals surface area contributed by atoms with Crippen molar-refractivity contribution in [1.82, 2.24) is 0 Å². The van der Waals surface area contributed by atoms with E-state index >= 15 is 0 Å². The second-order valence-electron chi connectivity index (χ2n) is 2.11. The van der Waals surface area contributed by atoms with Crippen LogP contribution < -0.4 is 0 Å². The third-order valence-corrected chi connectivity index (χ3v) is 2.62. The molecule has 0 saturated carbocycles. The monoisotopic (exact) mass is 202 g/mol. The fraction of sp³-hybridized carbons (Fsp3) is 0.125. The summed E-state index contributed by atoms with van der Waals surface area (Å²) in [5.74, 6) is -0.920. The fourth-order valence-corrected chi connectivity index (χ4v) is 1.94. The minimum Gasteiger partial charge on any atom is -0.478 e. The van der Waals surface area contributed by atoms with E-state index in [9.17, 15) is 4.79 Å². The van der Waals surface area contributed by atoms with E-state index in [0.717, 1.165) is 0 Å². The maximum Gasteiger partial charge on any atom is 0.336 e. The Morgan fingerprint density at radius 2 is 2.33 bits per heavy atom. The smallest absolute Gasteiger partial charge is 0.336 e. The average molecular weight is 203 g/mol. The standard InChI is InChI=1S/C8H7ClO2S/c1-2-5(8(10)11)6-3-4-7(9)12-6/h2-4H,1H3,(H,10,11). The van der Waals surface area contributed by atoms with E-state index in [2.05, 4.69) is 0 Å². The van der Waals surface area contributed by atoms with Crippen molar-refractivity contribution in [1.29, 1.82) is 0 Å². The number of aliphatic carboxylic acids is 1. The van der Waals surface area contributed by atoms with Crippen LogP contribution in [-0.2, 0) is 4.79 Å². The van der Waals surface area contributed by atoms with Crippen molar-refractivity contribution in [2.45, 2.75) is 6.92 Å². The molecule has 0 bridgehead atoms. The van der Waals surface area contributed by atoms with E-state index in [1.54, 1.807) is 25.1 Å². The van der Waals surface area contributed by atoms with Crippen LogP contribution in [-0.4, -0.2) is 11.1 Å². The van der Waals surface area contributed by atoms with Gasteiger partial charge in [0, 0.05) is 4.88 Å². The minimum absolute atomic E-state index is 0.298. The first-order valence-electron chi connectivity index (χ1n) is 3.30. The molecule has 0 fully saturated rings. The summed E-state index contributed by atoms with van der Waals surface area (Å²) >= 11 is 6.93. The first kappa shape index (κ1) is 9.29. The Morgan fingerprint density at radius 3 is 2.67 bits per heavy atom. The van der Waals surface area contributed by atoms with Crippen LogP contribution in [0.15, 0.2) is 18.2 Å². The zero-order valence-electron chi connectivity index (χ0n) is 6.37. The molecule has 0 saturated heterocycles. The van der Waals surface area contributed by atoms with E-state index in [1.165, 1.54) is 11.3 Å². The third-order valence-electron chi connectivity index (χ3n) is 1.36. The number of carboxylic acid groups (broad SMARTS) is 1. The Labute approximate surface area is 79.1 Å². The molecule has 0 radical (unpaired) electrons. The van der Waals surface area contributed by atoms with E-state index in [1.807, 2.05) is 0 Å². The molecule has 12 heavy (non-hydrogen) atoms. The predicted molar refractivity (Wildman–Crippen MR) is 50.6 cm³/mol. The van der Waals surface area contributed by atoms with Crippen LogP contribution in [0, 0.1) is 0 Å². The van der Waals surface area contributed by atoms with Gasteiger partial charge in [-0.2, -0.15) is 0 Å². The van der Waals surface area contributed by atoms with E-state index in [0.29, 0.717) is 14.8 Å². The number of hydrogen-bond donors (Lipinski definition) is 1. The Morgan fingerprint density at radius 1 is 1.67 bits per heavy atom. The van der Waals surface area contributed by atoms with Crippen LogP contribution in [0.2, 0.25) is 4.34 Å². The normalized spacial score (nSPS) is 11.7. The van der Waals surface area contributed by atoms with Gasteiger partial charge in [0.05, 0.1) is 9.91 Å². The Kier molecular flexibility index (Phi) is 2.89. The lowest BCUT2D eigenvalue weighted by atomic mass is 10.2. The van der Waals surface area contributed by atoms with Gasteiger partial charge in [-0.15, -0.1) is 11.3 Å². The second kappa shape index (κ2) is 3.74. The largest absolute Gasteiger partial charge is 0.478 e. The lowest BCUT2D eigenvalue weighted by Gasteiger charge is -1.94. The van der Waals surface area contributed by atoms with Gasteiger partial charge >= 0.3 is 5.97 Å². The molecule has 0 amide bonds. The molecule has 0 spiro atoms. The SMILES string of the molecule is CC=C(C(=O)O)c1ccc(Cl)s1. The maximum absolute atomic E-state index is 10.6. The summed E-state index contributed by atoms with van der Waals surface area (Å²) in [6, 6.07) is 3.39. The van der Waals surface area contributed by atoms with Gasteiger partial charge in [-0.1, -0.05) is 17.7 Å². The molecule has 0 aliphatic heterocycles. The highest BCUT2D eigenvalue weighted by Gasteiger charge is 2.10. The molecule has 64 valence electrons. The Balaban J connectivity index is 3.04. The van der Waals surface area contributed by atoms with Gasteiger partial charge in [-0.25, -0.2) is 4.79 Å². The molecule has 1 aromatic heterocycles. The van der Waals surface area contributed by atoms with Crippen molar-refractivity contribution in [3.8, 4) is 0 Å². The molecule has 4 heteroatoms. The van der Waals surface area contributed by atoms with E-state index in [-0.39, 0.29) is 0 Å². The highest BCUT2D eigenvalue weighted by atomic mass is 35.5. The van der Waals surface area contributed by atoms with Gasteiger partial charge < -0.3 is 5.11 Å². The zero-order valence-corrected chi connectivity index (χ0v) is 7.95. The van der Waals surface area contributed by atoms with Crippen molar-refractivity contribution in [2.24, 2.45) is 0 Å². The highest BCUT2D eigenvalue weighted by Crippen LogP contribution is 2.27. The van der Waals surface area contributed by atoms with Gasteiger partial charge in [-0.05, 0) is 19.1 Å². The molecule has 0 atom stereocenters. The summed E-state index contributed by atoms with van der Waals surface area (Å²) < 4.78 is 0.602. The van der Waals surface area contributed by atoms with Crippen molar-refractivity contribution in [3.63, 3.8) is 0 Å². The summed E-state index contributed by atoms with van der Waals surface area (Å²) in [6.07, 6.45) is 1.56. The number of hydrogen-bond acceptors (Lipinski definition) is 2. The highest BCUT2D eigenvalue weighted by molar-refractivity contribution is 7.17. The first-order valence-corrected chi connectivity index (χ1v) is 4.50. The van der Waals surface area contributed by atoms with Crippen molar-refractivity contribution < 1.29 is 9.90 Å². The first-order chi connectivity index (χ1) is 5.65. The average Bonchev–Trinajstić information content (AvgIpc) is 2.37. The molecular formula is C8H7ClO2S. The van der Waals surface area contributed by atoms with Crippen molar-refractivity contribution in [2.75, 3.05) is 0 Å². The lowest BCUT2D eigenvalue weighted by Crippen LogP contribution is -1.96. The summed E-state index contributed by atoms with van der Waals surface area (Å²) in [6.45, 7) is 1.69. The summed E-state index contributed by atoms with van der Waals surface area (Å²) in [5.41, 5.74) is 0.298. The molecule has 0 aromatic carbocycles. The van der Waals surface area contributed by atoms with Crippen molar-refractivity contribution in [3.05, 3.63) is 27.4 Å². The summed E-state index contributed by atoms with van der Waals surface area (Å²) in [4.78, 5) is 11.3. The molecule has 1 aromatic rings. The molecule has 2 nitrogen and oxygen atoms in total. The van der Waals surface area contributed by atoms with Crippen LogP contribution >= 0.6 is 22.9 Å². The predicted octanol–water partition coefficient (Wildman–Crippen LogP) is 2.89. The number of carboxylic acids is 1. The second-order valence-corrected chi connectivity index (χ2v) is 3.83. The number of thiophene rings is 1. The van der Waals surface area contributed by atoms with Crippen LogP contribution in [0.1, 0.15) is 11.8 Å². The topological polar surface area (TPSA) is 37.3 Å². The zero-order chi connectivity index (χ0) is 9.14. The fourth-order valence-electron chi connectivity index (χ4n) is 0.830. The summed E-state index contributed by atoms with van der Waals surface area (Å²) in [5, 5.41) is 8.73. The van der Waals surface area contributed by atoms with Gasteiger partial charge in [-0.3, -0.25) is 0 Å². The number of rotatable bonds is 2. The van der Waals surface area contributed by atoms with Gasteiger partial charge in [0.25, 0.3) is 0 Å². The number of halogens is 1. The van der Waals surface area contributed by atoms with Crippen LogP contribution in [0.3, 0.4) is 0 Å². The number of allylic oxidation sites excluding steroid dienone is 1. The minimum atomic E-state index is -0.920. The Bertz CT molecular complexity index is 328. The van der Waals surface area contributed by atoms with Crippen molar-refractivity contribution >= 4 is 34.5 Å².